The van der Waals surface area contributed by atoms with Gasteiger partial charge in [0.15, 0.2) is 11.0 Å². The number of methoxy groups -OCH3 is 1. The summed E-state index contributed by atoms with van der Waals surface area (Å²) in [6.45, 7) is 1.68. The van der Waals surface area contributed by atoms with Crippen LogP contribution in [0.25, 0.3) is 0 Å². The van der Waals surface area contributed by atoms with E-state index in [4.69, 9.17) is 49.8 Å². The maximum atomic E-state index is 12.7. The molecule has 0 bridgehead atoms. The summed E-state index contributed by atoms with van der Waals surface area (Å²) in [7, 11) is -2.84. The van der Waals surface area contributed by atoms with Crippen molar-refractivity contribution in [1.82, 2.24) is 20.1 Å². The van der Waals surface area contributed by atoms with Gasteiger partial charge in [-0.05, 0) is 19.1 Å². The van der Waals surface area contributed by atoms with Crippen LogP contribution in [0.2, 0.25) is 15.2 Å². The van der Waals surface area contributed by atoms with Gasteiger partial charge in [-0.2, -0.15) is 4.98 Å². The molecule has 0 unspecified atom stereocenters. The van der Waals surface area contributed by atoms with Crippen molar-refractivity contribution in [2.24, 2.45) is 5.73 Å². The zero-order valence-corrected chi connectivity index (χ0v) is 19.9. The molecule has 0 aliphatic heterocycles. The fraction of sp³-hybridized carbons (Fsp3) is 0.250. The number of ether oxygens (including phenoxy) is 1. The Kier molecular flexibility index (Phi) is 7.50. The van der Waals surface area contributed by atoms with Crippen molar-refractivity contribution < 1.29 is 17.7 Å². The topological polar surface area (TPSA) is 146 Å². The Hall–Kier alpha value is -1.83. The van der Waals surface area contributed by atoms with Crippen molar-refractivity contribution in [3.63, 3.8) is 0 Å². The lowest BCUT2D eigenvalue weighted by molar-refractivity contribution is 0.360. The van der Waals surface area contributed by atoms with Crippen LogP contribution < -0.4 is 15.2 Å². The van der Waals surface area contributed by atoms with Crippen LogP contribution in [-0.4, -0.2) is 41.4 Å². The molecule has 0 spiro atoms. The van der Waals surface area contributed by atoms with E-state index in [0.29, 0.717) is 11.6 Å². The van der Waals surface area contributed by atoms with Crippen molar-refractivity contribution in [2.45, 2.75) is 22.9 Å². The predicted molar refractivity (Wildman–Crippen MR) is 118 cm³/mol. The van der Waals surface area contributed by atoms with Gasteiger partial charge in [0, 0.05) is 5.75 Å². The Bertz CT molecular complexity index is 1210. The molecule has 2 aromatic heterocycles. The van der Waals surface area contributed by atoms with Crippen LogP contribution in [0.5, 0.6) is 5.88 Å². The van der Waals surface area contributed by atoms with Gasteiger partial charge in [-0.15, -0.1) is 11.8 Å². The third-order valence-electron chi connectivity index (χ3n) is 3.68. The van der Waals surface area contributed by atoms with Crippen molar-refractivity contribution in [3.8, 4) is 5.88 Å². The fourth-order valence-electron chi connectivity index (χ4n) is 2.26. The molecule has 1 atom stereocenters. The van der Waals surface area contributed by atoms with Crippen molar-refractivity contribution in [1.29, 1.82) is 0 Å². The number of nitrogens with one attached hydrogen (secondary N) is 1. The molecule has 2 heterocycles. The first-order chi connectivity index (χ1) is 14.6. The number of nitrogens with two attached hydrogens (primary N) is 1. The smallest absolute Gasteiger partial charge is 0.264 e. The van der Waals surface area contributed by atoms with Crippen molar-refractivity contribution in [2.75, 3.05) is 17.6 Å². The molecule has 0 radical (unpaired) electrons. The monoisotopic (exact) mass is 524 g/mol. The summed E-state index contributed by atoms with van der Waals surface area (Å²) in [6.07, 6.45) is 0. The van der Waals surface area contributed by atoms with Crippen LogP contribution in [0.3, 0.4) is 0 Å². The average Bonchev–Trinajstić information content (AvgIpc) is 3.15. The normalized spacial score (nSPS) is 12.6. The molecule has 166 valence electrons. The first-order valence-corrected chi connectivity index (χ1v) is 12.0. The maximum Gasteiger partial charge on any atom is 0.264 e. The van der Waals surface area contributed by atoms with Gasteiger partial charge >= 0.3 is 0 Å². The lowest BCUT2D eigenvalue weighted by Crippen LogP contribution is -2.16. The molecular formula is C16H15Cl3N6O4S2. The van der Waals surface area contributed by atoms with Crippen LogP contribution in [-0.2, 0) is 10.0 Å². The highest BCUT2D eigenvalue weighted by Gasteiger charge is 2.24. The van der Waals surface area contributed by atoms with Crippen LogP contribution in [0.1, 0.15) is 17.8 Å². The number of benzene rings is 1. The first kappa shape index (κ1) is 23.8. The highest BCUT2D eigenvalue weighted by molar-refractivity contribution is 7.99. The molecule has 31 heavy (non-hydrogen) atoms. The highest BCUT2D eigenvalue weighted by Crippen LogP contribution is 2.34. The molecule has 1 aromatic carbocycles. The van der Waals surface area contributed by atoms with Gasteiger partial charge in [0.05, 0.1) is 23.2 Å². The summed E-state index contributed by atoms with van der Waals surface area (Å²) in [5.74, 6) is 0.707. The summed E-state index contributed by atoms with van der Waals surface area (Å²) in [5.41, 5.74) is 6.03. The van der Waals surface area contributed by atoms with Crippen LogP contribution in [0, 0.1) is 6.92 Å². The second-order valence-corrected chi connectivity index (χ2v) is 9.73. The molecule has 3 rings (SSSR count). The average molecular weight is 526 g/mol. The van der Waals surface area contributed by atoms with E-state index >= 15 is 0 Å². The van der Waals surface area contributed by atoms with E-state index < -0.39 is 16.1 Å². The summed E-state index contributed by atoms with van der Waals surface area (Å²) in [6, 6.07) is 3.64. The van der Waals surface area contributed by atoms with Crippen molar-refractivity contribution in [3.05, 3.63) is 45.1 Å². The van der Waals surface area contributed by atoms with Gasteiger partial charge < -0.3 is 15.0 Å². The van der Waals surface area contributed by atoms with E-state index in [-0.39, 0.29) is 42.7 Å². The SMILES string of the molecule is COc1nc(SC[C@H](N)c2nc(C)no2)c(Cl)nc1NS(=O)(=O)c1cccc(Cl)c1Cl. The van der Waals surface area contributed by atoms with Crippen LogP contribution >= 0.6 is 46.6 Å². The Morgan fingerprint density at radius 2 is 2.00 bits per heavy atom. The van der Waals surface area contributed by atoms with Crippen LogP contribution in [0.15, 0.2) is 32.6 Å². The van der Waals surface area contributed by atoms with Gasteiger partial charge in [0.1, 0.15) is 9.92 Å². The zero-order chi connectivity index (χ0) is 22.8. The Morgan fingerprint density at radius 3 is 2.65 bits per heavy atom. The minimum Gasteiger partial charge on any atom is -0.478 e. The molecule has 0 saturated carbocycles. The number of nitrogens with zero attached hydrogens (tertiary/aromatic N) is 4. The Balaban J connectivity index is 1.83. The number of rotatable bonds is 8. The lowest BCUT2D eigenvalue weighted by atomic mass is 10.4. The highest BCUT2D eigenvalue weighted by atomic mass is 35.5. The number of aromatic nitrogens is 4. The summed E-state index contributed by atoms with van der Waals surface area (Å²) in [4.78, 5) is 12.1. The molecule has 0 amide bonds. The van der Waals surface area contributed by atoms with Gasteiger partial charge in [0.25, 0.3) is 15.9 Å². The zero-order valence-electron chi connectivity index (χ0n) is 16.0. The van der Waals surface area contributed by atoms with Crippen molar-refractivity contribution >= 4 is 62.4 Å². The van der Waals surface area contributed by atoms with E-state index in [0.717, 1.165) is 11.8 Å². The number of anilines is 1. The minimum atomic E-state index is -4.15. The van der Waals surface area contributed by atoms with E-state index in [9.17, 15) is 8.42 Å². The quantitative estimate of drug-likeness (QED) is 0.417. The van der Waals surface area contributed by atoms with Gasteiger partial charge in [-0.25, -0.2) is 18.4 Å². The summed E-state index contributed by atoms with van der Waals surface area (Å²) in [5, 5.41) is 3.85. The van der Waals surface area contributed by atoms with E-state index in [1.165, 1.54) is 25.3 Å². The maximum absolute atomic E-state index is 12.7. The number of hydrogen-bond acceptors (Lipinski definition) is 10. The molecule has 0 saturated heterocycles. The molecule has 0 aliphatic rings. The Morgan fingerprint density at radius 1 is 1.26 bits per heavy atom. The number of halogens is 3. The van der Waals surface area contributed by atoms with Gasteiger partial charge in [-0.1, -0.05) is 46.0 Å². The number of sulfonamides is 1. The molecule has 3 aromatic rings. The standard InChI is InChI=1S/C16H15Cl3N6O4S2/c1-7-21-14(29-24-7)9(20)6-30-16-12(19)22-13(15(23-16)28-2)25-31(26,27)10-5-3-4-8(17)11(10)18/h3-5,9H,6,20H2,1-2H3,(H,22,25)/t9-/m0/s1. The molecule has 10 nitrogen and oxygen atoms in total. The van der Waals surface area contributed by atoms with E-state index in [1.807, 2.05) is 0 Å². The van der Waals surface area contributed by atoms with Gasteiger partial charge in [-0.3, -0.25) is 4.72 Å². The minimum absolute atomic E-state index is 0.0606. The molecule has 0 aliphatic carbocycles. The second-order valence-electron chi connectivity index (χ2n) is 5.93. The number of aryl methyl sites for hydroxylation is 1. The second kappa shape index (κ2) is 9.76. The molecule has 3 N–H and O–H groups in total. The van der Waals surface area contributed by atoms with Gasteiger partial charge in [0.2, 0.25) is 11.7 Å². The molecule has 0 fully saturated rings. The van der Waals surface area contributed by atoms with Crippen LogP contribution in [0.4, 0.5) is 5.82 Å². The predicted octanol–water partition coefficient (Wildman–Crippen LogP) is 3.73. The van der Waals surface area contributed by atoms with E-state index in [1.54, 1.807) is 6.92 Å². The number of hydrogen-bond donors (Lipinski definition) is 2. The molecule has 15 heteroatoms. The first-order valence-electron chi connectivity index (χ1n) is 8.39. The summed E-state index contributed by atoms with van der Waals surface area (Å²) >= 11 is 19.3. The third kappa shape index (κ3) is 5.51. The molecular weight excluding hydrogens is 511 g/mol. The summed E-state index contributed by atoms with van der Waals surface area (Å²) < 4.78 is 38.0. The fourth-order valence-corrected chi connectivity index (χ4v) is 5.11. The third-order valence-corrected chi connectivity index (χ3v) is 7.45. The Labute approximate surface area is 196 Å². The largest absolute Gasteiger partial charge is 0.478 e. The lowest BCUT2D eigenvalue weighted by Gasteiger charge is -2.14. The van der Waals surface area contributed by atoms with E-state index in [2.05, 4.69) is 24.8 Å². The number of thioether (sulfide) groups is 1.